The standard InChI is InChI=1S/C14H13N5O5S2.ClH/c1-2-5-3-25-12-8(11(21)19(12)9(5)13(22)23)17-10(20)7(18-24)6-4-26-14(15)16-6;/h2,4,8,12,24H,1,3H2,(H2,15,16)(H,17,20)(H,22,23);1H/t8?,12-;/m0./s1. The third kappa shape index (κ3) is 3.50. The molecule has 0 aromatic carbocycles. The lowest BCUT2D eigenvalue weighted by Crippen LogP contribution is -2.71. The minimum atomic E-state index is -1.24. The molecule has 0 spiro atoms. The molecular formula is C14H14ClN5O5S2. The molecule has 3 heterocycles. The predicted molar refractivity (Wildman–Crippen MR) is 102 cm³/mol. The summed E-state index contributed by atoms with van der Waals surface area (Å²) in [5, 5.41) is 24.9. The Kier molecular flexibility index (Phi) is 6.13. The van der Waals surface area contributed by atoms with E-state index in [0.29, 0.717) is 11.3 Å². The quantitative estimate of drug-likeness (QED) is 0.223. The number of carbonyl (C=O) groups is 3. The highest BCUT2D eigenvalue weighted by atomic mass is 35.5. The average molecular weight is 432 g/mol. The summed E-state index contributed by atoms with van der Waals surface area (Å²) in [7, 11) is 0. The molecule has 0 aliphatic carbocycles. The van der Waals surface area contributed by atoms with Gasteiger partial charge in [-0.05, 0) is 5.57 Å². The van der Waals surface area contributed by atoms with E-state index in [0.717, 1.165) is 16.2 Å². The van der Waals surface area contributed by atoms with E-state index in [4.69, 9.17) is 10.9 Å². The molecule has 2 atom stereocenters. The number of allylic oxidation sites excluding steroid dienone is 1. The van der Waals surface area contributed by atoms with Crippen LogP contribution in [0.1, 0.15) is 5.69 Å². The minimum Gasteiger partial charge on any atom is -0.477 e. The minimum absolute atomic E-state index is 0. The maximum atomic E-state index is 12.4. The van der Waals surface area contributed by atoms with Gasteiger partial charge in [0, 0.05) is 11.1 Å². The van der Waals surface area contributed by atoms with Crippen LogP contribution in [0.15, 0.2) is 34.5 Å². The van der Waals surface area contributed by atoms with Crippen molar-refractivity contribution in [1.29, 1.82) is 0 Å². The molecule has 10 nitrogen and oxygen atoms in total. The van der Waals surface area contributed by atoms with Gasteiger partial charge in [0.1, 0.15) is 22.8 Å². The maximum Gasteiger partial charge on any atom is 0.352 e. The van der Waals surface area contributed by atoms with Gasteiger partial charge in [0.15, 0.2) is 10.8 Å². The summed E-state index contributed by atoms with van der Waals surface area (Å²) < 4.78 is 0. The zero-order valence-electron chi connectivity index (χ0n) is 13.5. The first-order valence-electron chi connectivity index (χ1n) is 7.16. The monoisotopic (exact) mass is 431 g/mol. The third-order valence-corrected chi connectivity index (χ3v) is 5.79. The van der Waals surface area contributed by atoms with Crippen molar-refractivity contribution >= 4 is 64.1 Å². The summed E-state index contributed by atoms with van der Waals surface area (Å²) in [6.07, 6.45) is 1.40. The van der Waals surface area contributed by atoms with E-state index < -0.39 is 29.2 Å². The van der Waals surface area contributed by atoms with Gasteiger partial charge in [-0.25, -0.2) is 9.78 Å². The number of amides is 2. The summed E-state index contributed by atoms with van der Waals surface area (Å²) >= 11 is 2.37. The van der Waals surface area contributed by atoms with Crippen molar-refractivity contribution in [3.63, 3.8) is 0 Å². The number of nitrogens with two attached hydrogens (primary N) is 1. The Bertz CT molecular complexity index is 883. The fourth-order valence-corrected chi connectivity index (χ4v) is 4.51. The van der Waals surface area contributed by atoms with E-state index in [1.54, 1.807) is 0 Å². The van der Waals surface area contributed by atoms with Crippen molar-refractivity contribution in [3.8, 4) is 0 Å². The summed E-state index contributed by atoms with van der Waals surface area (Å²) in [4.78, 5) is 41.2. The molecule has 1 aromatic heterocycles. The lowest BCUT2D eigenvalue weighted by Gasteiger charge is -2.49. The Morgan fingerprint density at radius 3 is 2.74 bits per heavy atom. The Morgan fingerprint density at radius 1 is 1.52 bits per heavy atom. The highest BCUT2D eigenvalue weighted by Gasteiger charge is 2.54. The van der Waals surface area contributed by atoms with Crippen LogP contribution in [0.25, 0.3) is 0 Å². The van der Waals surface area contributed by atoms with Crippen molar-refractivity contribution in [1.82, 2.24) is 15.2 Å². The first-order valence-corrected chi connectivity index (χ1v) is 9.09. The Labute approximate surface area is 167 Å². The second kappa shape index (κ2) is 7.98. The molecule has 27 heavy (non-hydrogen) atoms. The molecule has 0 bridgehead atoms. The number of aliphatic carboxylic acids is 1. The van der Waals surface area contributed by atoms with E-state index >= 15 is 0 Å². The molecule has 0 radical (unpaired) electrons. The number of β-lactam (4-membered cyclic amide) rings is 1. The van der Waals surface area contributed by atoms with Gasteiger partial charge in [-0.3, -0.25) is 14.5 Å². The SMILES string of the molecule is C=CC1=C(C(=O)O)N2C(=O)C(NC(=O)C(=NO)c3csc(N)n3)[C@@H]2SC1.Cl. The van der Waals surface area contributed by atoms with Crippen LogP contribution < -0.4 is 11.1 Å². The molecule has 1 fully saturated rings. The van der Waals surface area contributed by atoms with E-state index in [-0.39, 0.29) is 34.6 Å². The van der Waals surface area contributed by atoms with Crippen molar-refractivity contribution < 1.29 is 24.7 Å². The predicted octanol–water partition coefficient (Wildman–Crippen LogP) is 0.250. The highest BCUT2D eigenvalue weighted by Crippen LogP contribution is 2.40. The second-order valence-corrected chi connectivity index (χ2v) is 7.26. The Morgan fingerprint density at radius 2 is 2.22 bits per heavy atom. The number of nitrogen functional groups attached to an aromatic ring is 1. The van der Waals surface area contributed by atoms with Gasteiger partial charge >= 0.3 is 5.97 Å². The van der Waals surface area contributed by atoms with Crippen LogP contribution in [0, 0.1) is 0 Å². The number of carboxylic acids is 1. The van der Waals surface area contributed by atoms with Crippen molar-refractivity contribution in [3.05, 3.63) is 35.0 Å². The van der Waals surface area contributed by atoms with Crippen LogP contribution in [0.5, 0.6) is 0 Å². The van der Waals surface area contributed by atoms with E-state index in [2.05, 4.69) is 22.0 Å². The van der Waals surface area contributed by atoms with Gasteiger partial charge in [0.25, 0.3) is 11.8 Å². The average Bonchev–Trinajstić information content (AvgIpc) is 3.04. The molecule has 1 aromatic rings. The number of nitrogens with zero attached hydrogens (tertiary/aromatic N) is 3. The molecule has 13 heteroatoms. The van der Waals surface area contributed by atoms with Crippen LogP contribution >= 0.6 is 35.5 Å². The largest absolute Gasteiger partial charge is 0.477 e. The van der Waals surface area contributed by atoms with E-state index in [1.165, 1.54) is 23.2 Å². The van der Waals surface area contributed by atoms with Crippen molar-refractivity contribution in [2.75, 3.05) is 11.5 Å². The number of aromatic nitrogens is 1. The molecule has 5 N–H and O–H groups in total. The van der Waals surface area contributed by atoms with Gasteiger partial charge in [0.05, 0.1) is 0 Å². The fourth-order valence-electron chi connectivity index (χ4n) is 2.62. The molecule has 2 aliphatic heterocycles. The number of thiazole rings is 1. The first-order chi connectivity index (χ1) is 12.4. The van der Waals surface area contributed by atoms with Gasteiger partial charge in [0.2, 0.25) is 0 Å². The third-order valence-electron chi connectivity index (χ3n) is 3.81. The van der Waals surface area contributed by atoms with Gasteiger partial charge in [-0.1, -0.05) is 17.8 Å². The topological polar surface area (TPSA) is 158 Å². The molecule has 3 rings (SSSR count). The smallest absolute Gasteiger partial charge is 0.352 e. The number of anilines is 1. The van der Waals surface area contributed by atoms with Crippen LogP contribution in [0.2, 0.25) is 0 Å². The van der Waals surface area contributed by atoms with Gasteiger partial charge in [-0.2, -0.15) is 0 Å². The van der Waals surface area contributed by atoms with Crippen molar-refractivity contribution in [2.24, 2.45) is 5.16 Å². The number of hydrogen-bond donors (Lipinski definition) is 4. The number of halogens is 1. The summed E-state index contributed by atoms with van der Waals surface area (Å²) in [6, 6.07) is -0.944. The second-order valence-electron chi connectivity index (χ2n) is 5.26. The summed E-state index contributed by atoms with van der Waals surface area (Å²) in [5.41, 5.74) is 5.49. The van der Waals surface area contributed by atoms with Gasteiger partial charge < -0.3 is 21.4 Å². The normalized spacial score (nSPS) is 21.7. The number of carbonyl (C=O) groups excluding carboxylic acids is 2. The Balaban J connectivity index is 0.00000261. The Hall–Kier alpha value is -2.57. The molecule has 2 amide bonds. The summed E-state index contributed by atoms with van der Waals surface area (Å²) in [5.74, 6) is -2.27. The number of nitrogens with one attached hydrogen (secondary N) is 1. The molecule has 1 saturated heterocycles. The number of thioether (sulfide) groups is 1. The lowest BCUT2D eigenvalue weighted by molar-refractivity contribution is -0.150. The molecule has 2 aliphatic rings. The van der Waals surface area contributed by atoms with Crippen molar-refractivity contribution in [2.45, 2.75) is 11.4 Å². The lowest BCUT2D eigenvalue weighted by atomic mass is 10.0. The zero-order valence-corrected chi connectivity index (χ0v) is 15.9. The zero-order chi connectivity index (χ0) is 19.0. The molecule has 0 saturated carbocycles. The van der Waals surface area contributed by atoms with Crippen LogP contribution in [0.4, 0.5) is 5.13 Å². The highest BCUT2D eigenvalue weighted by molar-refractivity contribution is 8.00. The maximum absolute atomic E-state index is 12.4. The first kappa shape index (κ1) is 20.7. The number of oxime groups is 1. The van der Waals surface area contributed by atoms with Gasteiger partial charge in [-0.15, -0.1) is 35.5 Å². The molecular weight excluding hydrogens is 418 g/mol. The van der Waals surface area contributed by atoms with Crippen LogP contribution in [0.3, 0.4) is 0 Å². The van der Waals surface area contributed by atoms with E-state index in [9.17, 15) is 19.5 Å². The number of fused-ring (bicyclic) bond motifs is 1. The molecule has 144 valence electrons. The van der Waals surface area contributed by atoms with Crippen LogP contribution in [-0.2, 0) is 14.4 Å². The number of hydrogen-bond acceptors (Lipinski definition) is 9. The fraction of sp³-hybridized carbons (Fsp3) is 0.214. The molecule has 1 unspecified atom stereocenters. The number of rotatable bonds is 5. The van der Waals surface area contributed by atoms with Crippen LogP contribution in [-0.4, -0.2) is 60.9 Å². The van der Waals surface area contributed by atoms with E-state index in [1.807, 2.05) is 0 Å². The summed E-state index contributed by atoms with van der Waals surface area (Å²) in [6.45, 7) is 3.56. The number of carboxylic acid groups (broad SMARTS) is 1.